The summed E-state index contributed by atoms with van der Waals surface area (Å²) in [5.41, 5.74) is 0. The summed E-state index contributed by atoms with van der Waals surface area (Å²) < 4.78 is 7.39. The smallest absolute Gasteiger partial charge is 0.135 e. The van der Waals surface area contributed by atoms with Gasteiger partial charge in [-0.2, -0.15) is 0 Å². The topological polar surface area (TPSA) is 39.9 Å². The first-order valence-electron chi connectivity index (χ1n) is 5.18. The van der Waals surface area contributed by atoms with E-state index in [0.717, 1.165) is 32.0 Å². The molecule has 0 saturated carbocycles. The van der Waals surface area contributed by atoms with Crippen molar-refractivity contribution in [2.75, 3.05) is 13.2 Å². The van der Waals surface area contributed by atoms with Crippen LogP contribution in [-0.4, -0.2) is 28.0 Å². The molecule has 1 rings (SSSR count). The molecule has 0 amide bonds. The molecule has 0 aliphatic rings. The lowest BCUT2D eigenvalue weighted by Crippen LogP contribution is -2.10. The Morgan fingerprint density at radius 2 is 2.29 bits per heavy atom. The second-order valence-electron chi connectivity index (χ2n) is 3.74. The molecule has 0 atom stereocenters. The van der Waals surface area contributed by atoms with Gasteiger partial charge in [-0.05, 0) is 12.8 Å². The van der Waals surface area contributed by atoms with Crippen molar-refractivity contribution >= 4 is 0 Å². The zero-order valence-corrected chi connectivity index (χ0v) is 9.23. The van der Waals surface area contributed by atoms with E-state index >= 15 is 0 Å². The van der Waals surface area contributed by atoms with Crippen molar-refractivity contribution in [1.82, 2.24) is 14.8 Å². The zero-order chi connectivity index (χ0) is 10.4. The van der Waals surface area contributed by atoms with Gasteiger partial charge in [0.2, 0.25) is 0 Å². The number of hydrogen-bond acceptors (Lipinski definition) is 3. The molecule has 1 aromatic heterocycles. The molecular weight excluding hydrogens is 178 g/mol. The van der Waals surface area contributed by atoms with Crippen LogP contribution in [0.25, 0.3) is 0 Å². The minimum atomic E-state index is 0.622. The van der Waals surface area contributed by atoms with Crippen molar-refractivity contribution in [3.63, 3.8) is 0 Å². The highest BCUT2D eigenvalue weighted by Gasteiger charge is 2.05. The fourth-order valence-electron chi connectivity index (χ4n) is 1.33. The molecule has 0 aliphatic heterocycles. The van der Waals surface area contributed by atoms with Gasteiger partial charge in [0.25, 0.3) is 0 Å². The molecule has 14 heavy (non-hydrogen) atoms. The number of nitrogens with zero attached hydrogens (tertiary/aromatic N) is 3. The largest absolute Gasteiger partial charge is 0.381 e. The van der Waals surface area contributed by atoms with Crippen LogP contribution in [0, 0.1) is 5.92 Å². The molecule has 0 N–H and O–H groups in total. The van der Waals surface area contributed by atoms with Crippen LogP contribution in [0.3, 0.4) is 0 Å². The van der Waals surface area contributed by atoms with Gasteiger partial charge in [-0.1, -0.05) is 13.8 Å². The van der Waals surface area contributed by atoms with Crippen LogP contribution < -0.4 is 0 Å². The van der Waals surface area contributed by atoms with Gasteiger partial charge >= 0.3 is 0 Å². The average molecular weight is 197 g/mol. The third-order valence-corrected chi connectivity index (χ3v) is 1.93. The van der Waals surface area contributed by atoms with Gasteiger partial charge in [0.15, 0.2) is 0 Å². The highest BCUT2D eigenvalue weighted by Crippen LogP contribution is 2.02. The molecule has 80 valence electrons. The van der Waals surface area contributed by atoms with E-state index < -0.39 is 0 Å². The maximum absolute atomic E-state index is 5.29. The minimum Gasteiger partial charge on any atom is -0.381 e. The summed E-state index contributed by atoms with van der Waals surface area (Å²) >= 11 is 0. The Kier molecular flexibility index (Phi) is 4.59. The predicted molar refractivity (Wildman–Crippen MR) is 55.1 cm³/mol. The van der Waals surface area contributed by atoms with Crippen molar-refractivity contribution in [3.8, 4) is 0 Å². The molecule has 4 heteroatoms. The second kappa shape index (κ2) is 5.75. The second-order valence-corrected chi connectivity index (χ2v) is 3.74. The molecular formula is C10H19N3O. The van der Waals surface area contributed by atoms with E-state index in [-0.39, 0.29) is 0 Å². The summed E-state index contributed by atoms with van der Waals surface area (Å²) in [6.07, 6.45) is 2.64. The summed E-state index contributed by atoms with van der Waals surface area (Å²) in [6, 6.07) is 0. The highest BCUT2D eigenvalue weighted by molar-refractivity contribution is 4.86. The van der Waals surface area contributed by atoms with E-state index in [0.29, 0.717) is 5.92 Å². The van der Waals surface area contributed by atoms with Crippen LogP contribution in [0.15, 0.2) is 6.33 Å². The zero-order valence-electron chi connectivity index (χ0n) is 9.23. The van der Waals surface area contributed by atoms with Crippen LogP contribution >= 0.6 is 0 Å². The summed E-state index contributed by atoms with van der Waals surface area (Å²) in [7, 11) is 0. The van der Waals surface area contributed by atoms with Crippen LogP contribution in [0.5, 0.6) is 0 Å². The Labute approximate surface area is 85.3 Å². The fourth-order valence-corrected chi connectivity index (χ4v) is 1.33. The van der Waals surface area contributed by atoms with E-state index in [9.17, 15) is 0 Å². The maximum Gasteiger partial charge on any atom is 0.135 e. The van der Waals surface area contributed by atoms with Crippen molar-refractivity contribution < 1.29 is 4.74 Å². The molecule has 0 bridgehead atoms. The van der Waals surface area contributed by atoms with E-state index in [1.54, 1.807) is 6.33 Å². The van der Waals surface area contributed by atoms with E-state index in [1.165, 1.54) is 0 Å². The minimum absolute atomic E-state index is 0.622. The van der Waals surface area contributed by atoms with Crippen molar-refractivity contribution in [2.45, 2.75) is 33.7 Å². The Hall–Kier alpha value is -0.900. The van der Waals surface area contributed by atoms with Crippen LogP contribution in [0.2, 0.25) is 0 Å². The lowest BCUT2D eigenvalue weighted by molar-refractivity contribution is 0.148. The highest BCUT2D eigenvalue weighted by atomic mass is 16.5. The number of aromatic nitrogens is 3. The molecule has 0 saturated heterocycles. The first kappa shape index (κ1) is 11.2. The summed E-state index contributed by atoms with van der Waals surface area (Å²) in [4.78, 5) is 0. The molecule has 0 unspecified atom stereocenters. The first-order valence-corrected chi connectivity index (χ1v) is 5.18. The normalized spacial score (nSPS) is 11.1. The summed E-state index contributed by atoms with van der Waals surface area (Å²) in [5, 5.41) is 7.99. The molecule has 0 spiro atoms. The van der Waals surface area contributed by atoms with Gasteiger partial charge in [0.05, 0.1) is 6.61 Å². The fraction of sp³-hybridized carbons (Fsp3) is 0.800. The van der Waals surface area contributed by atoms with Crippen molar-refractivity contribution in [1.29, 1.82) is 0 Å². The predicted octanol–water partition coefficient (Wildman–Crippen LogP) is 1.51. The van der Waals surface area contributed by atoms with E-state index in [4.69, 9.17) is 4.74 Å². The Morgan fingerprint density at radius 1 is 1.50 bits per heavy atom. The van der Waals surface area contributed by atoms with Crippen molar-refractivity contribution in [3.05, 3.63) is 12.2 Å². The molecule has 0 radical (unpaired) electrons. The Bertz CT molecular complexity index is 258. The number of rotatable bonds is 6. The monoisotopic (exact) mass is 197 g/mol. The van der Waals surface area contributed by atoms with Gasteiger partial charge < -0.3 is 9.30 Å². The number of ether oxygens (including phenoxy) is 1. The molecule has 4 nitrogen and oxygen atoms in total. The Morgan fingerprint density at radius 3 is 2.93 bits per heavy atom. The summed E-state index contributed by atoms with van der Waals surface area (Å²) in [5.74, 6) is 1.64. The van der Waals surface area contributed by atoms with E-state index in [1.807, 2.05) is 6.92 Å². The van der Waals surface area contributed by atoms with Crippen molar-refractivity contribution in [2.24, 2.45) is 5.92 Å². The third-order valence-electron chi connectivity index (χ3n) is 1.93. The van der Waals surface area contributed by atoms with Gasteiger partial charge in [0.1, 0.15) is 12.2 Å². The lowest BCUT2D eigenvalue weighted by Gasteiger charge is -2.08. The molecule has 0 aliphatic carbocycles. The first-order chi connectivity index (χ1) is 6.74. The number of hydrogen-bond donors (Lipinski definition) is 0. The maximum atomic E-state index is 5.29. The van der Waals surface area contributed by atoms with Crippen LogP contribution in [-0.2, 0) is 17.7 Å². The quantitative estimate of drug-likeness (QED) is 0.649. The summed E-state index contributed by atoms with van der Waals surface area (Å²) in [6.45, 7) is 8.84. The van der Waals surface area contributed by atoms with E-state index in [2.05, 4.69) is 28.6 Å². The molecule has 0 fully saturated rings. The third kappa shape index (κ3) is 3.46. The van der Waals surface area contributed by atoms with Gasteiger partial charge in [-0.3, -0.25) is 0 Å². The standard InChI is InChI=1S/C10H19N3O/c1-4-14-6-5-10-12-11-8-13(10)7-9(2)3/h8-9H,4-7H2,1-3H3. The average Bonchev–Trinajstić information content (AvgIpc) is 2.52. The van der Waals surface area contributed by atoms with Gasteiger partial charge in [0, 0.05) is 19.6 Å². The Balaban J connectivity index is 2.45. The van der Waals surface area contributed by atoms with Gasteiger partial charge in [-0.25, -0.2) is 0 Å². The molecule has 1 heterocycles. The SMILES string of the molecule is CCOCCc1nncn1CC(C)C. The van der Waals surface area contributed by atoms with Gasteiger partial charge in [-0.15, -0.1) is 10.2 Å². The molecule has 0 aromatic carbocycles. The van der Waals surface area contributed by atoms with Crippen LogP contribution in [0.4, 0.5) is 0 Å². The molecule has 1 aromatic rings. The van der Waals surface area contributed by atoms with Crippen LogP contribution in [0.1, 0.15) is 26.6 Å². The lowest BCUT2D eigenvalue weighted by atomic mass is 10.2.